The fraction of sp³-hybridized carbons (Fsp3) is 0.727. The molecule has 3 N–H and O–H groups in total. The van der Waals surface area contributed by atoms with Crippen molar-refractivity contribution in [2.45, 2.75) is 20.3 Å². The van der Waals surface area contributed by atoms with Crippen LogP contribution in [0.2, 0.25) is 0 Å². The molecule has 0 unspecified atom stereocenters. The molecule has 0 fully saturated rings. The minimum absolute atomic E-state index is 0.0477. The van der Waals surface area contributed by atoms with Crippen LogP contribution in [0.25, 0.3) is 0 Å². The van der Waals surface area contributed by atoms with Crippen molar-refractivity contribution in [1.82, 2.24) is 15.5 Å². The summed E-state index contributed by atoms with van der Waals surface area (Å²) in [5, 5.41) is 13.5. The fourth-order valence-corrected chi connectivity index (χ4v) is 1.07. The number of urea groups is 1. The summed E-state index contributed by atoms with van der Waals surface area (Å²) in [5.74, 6) is -0.865. The minimum atomic E-state index is -0.979. The molecular weight excluding hydrogens is 238 g/mol. The van der Waals surface area contributed by atoms with Crippen LogP contribution in [0.5, 0.6) is 0 Å². The first kappa shape index (κ1) is 16.2. The highest BCUT2D eigenvalue weighted by Crippen LogP contribution is 1.89. The van der Waals surface area contributed by atoms with Gasteiger partial charge in [-0.2, -0.15) is 0 Å². The Hall–Kier alpha value is -1.79. The van der Waals surface area contributed by atoms with Crippen molar-refractivity contribution in [3.05, 3.63) is 0 Å². The second kappa shape index (κ2) is 8.32. The van der Waals surface area contributed by atoms with Crippen LogP contribution < -0.4 is 10.6 Å². The lowest BCUT2D eigenvalue weighted by atomic mass is 10.2. The van der Waals surface area contributed by atoms with Gasteiger partial charge in [-0.25, -0.2) is 4.79 Å². The van der Waals surface area contributed by atoms with E-state index in [-0.39, 0.29) is 25.4 Å². The molecule has 0 atom stereocenters. The second-order valence-corrected chi connectivity index (χ2v) is 4.43. The van der Waals surface area contributed by atoms with E-state index in [0.717, 1.165) is 0 Å². The van der Waals surface area contributed by atoms with Gasteiger partial charge < -0.3 is 20.6 Å². The van der Waals surface area contributed by atoms with Gasteiger partial charge in [-0.05, 0) is 5.92 Å². The number of nitrogens with one attached hydrogen (secondary N) is 2. The summed E-state index contributed by atoms with van der Waals surface area (Å²) in [6, 6.07) is -0.462. The summed E-state index contributed by atoms with van der Waals surface area (Å²) in [6.07, 6.45) is -0.140. The topological polar surface area (TPSA) is 98.7 Å². The van der Waals surface area contributed by atoms with Crippen LogP contribution in [0.1, 0.15) is 20.3 Å². The standard InChI is InChI=1S/C11H21N3O4/c1-8(2)6-13-9(15)7-14(3)11(18)12-5-4-10(16)17/h8H,4-7H2,1-3H3,(H,12,18)(H,13,15)(H,16,17). The third-order valence-electron chi connectivity index (χ3n) is 2.05. The Labute approximate surface area is 107 Å². The molecule has 104 valence electrons. The third-order valence-corrected chi connectivity index (χ3v) is 2.05. The Balaban J connectivity index is 3.85. The van der Waals surface area contributed by atoms with Gasteiger partial charge in [-0.15, -0.1) is 0 Å². The number of carboxylic acid groups (broad SMARTS) is 1. The number of amides is 3. The predicted octanol–water partition coefficient (Wildman–Crippen LogP) is -0.125. The summed E-state index contributed by atoms with van der Waals surface area (Å²) >= 11 is 0. The Bertz CT molecular complexity index is 305. The molecule has 0 aliphatic rings. The van der Waals surface area contributed by atoms with E-state index in [1.54, 1.807) is 0 Å². The summed E-state index contributed by atoms with van der Waals surface area (Å²) in [5.41, 5.74) is 0. The predicted molar refractivity (Wildman–Crippen MR) is 66.1 cm³/mol. The average Bonchev–Trinajstić information content (AvgIpc) is 2.25. The molecule has 0 saturated carbocycles. The Kier molecular flexibility index (Phi) is 7.50. The molecular formula is C11H21N3O4. The number of nitrogens with zero attached hydrogens (tertiary/aromatic N) is 1. The summed E-state index contributed by atoms with van der Waals surface area (Å²) in [4.78, 5) is 34.3. The molecule has 0 bridgehead atoms. The molecule has 7 heteroatoms. The number of carbonyl (C=O) groups is 3. The second-order valence-electron chi connectivity index (χ2n) is 4.43. The van der Waals surface area contributed by atoms with Crippen LogP contribution >= 0.6 is 0 Å². The van der Waals surface area contributed by atoms with Crippen LogP contribution in [0, 0.1) is 5.92 Å². The molecule has 0 aromatic carbocycles. The van der Waals surface area contributed by atoms with Gasteiger partial charge >= 0.3 is 12.0 Å². The van der Waals surface area contributed by atoms with Gasteiger partial charge in [0.25, 0.3) is 0 Å². The highest BCUT2D eigenvalue weighted by Gasteiger charge is 2.12. The van der Waals surface area contributed by atoms with Crippen LogP contribution in [-0.4, -0.2) is 54.6 Å². The largest absolute Gasteiger partial charge is 0.481 e. The molecule has 3 amide bonds. The Morgan fingerprint density at radius 2 is 1.83 bits per heavy atom. The number of likely N-dealkylation sites (N-methyl/N-ethyl adjacent to an activating group) is 1. The smallest absolute Gasteiger partial charge is 0.317 e. The first-order chi connectivity index (χ1) is 8.32. The molecule has 0 heterocycles. The lowest BCUT2D eigenvalue weighted by Crippen LogP contribution is -2.44. The maximum Gasteiger partial charge on any atom is 0.317 e. The van der Waals surface area contributed by atoms with Gasteiger partial charge in [0.05, 0.1) is 6.42 Å². The van der Waals surface area contributed by atoms with Gasteiger partial charge in [0.2, 0.25) is 5.91 Å². The monoisotopic (exact) mass is 259 g/mol. The van der Waals surface area contributed by atoms with Crippen LogP contribution in [0.15, 0.2) is 0 Å². The molecule has 18 heavy (non-hydrogen) atoms. The van der Waals surface area contributed by atoms with Crippen LogP contribution in [0.4, 0.5) is 4.79 Å². The molecule has 7 nitrogen and oxygen atoms in total. The van der Waals surface area contributed by atoms with Crippen LogP contribution in [-0.2, 0) is 9.59 Å². The SMILES string of the molecule is CC(C)CNC(=O)CN(C)C(=O)NCCC(=O)O. The lowest BCUT2D eigenvalue weighted by Gasteiger charge is -2.17. The van der Waals surface area contributed by atoms with Crippen molar-refractivity contribution in [1.29, 1.82) is 0 Å². The van der Waals surface area contributed by atoms with Gasteiger partial charge in [0.15, 0.2) is 0 Å². The first-order valence-electron chi connectivity index (χ1n) is 5.80. The average molecular weight is 259 g/mol. The van der Waals surface area contributed by atoms with E-state index in [1.807, 2.05) is 13.8 Å². The normalized spacial score (nSPS) is 10.0. The van der Waals surface area contributed by atoms with Crippen LogP contribution in [0.3, 0.4) is 0 Å². The zero-order valence-electron chi connectivity index (χ0n) is 11.0. The molecule has 0 spiro atoms. The zero-order chi connectivity index (χ0) is 14.1. The minimum Gasteiger partial charge on any atom is -0.481 e. The van der Waals surface area contributed by atoms with Crippen molar-refractivity contribution in [3.8, 4) is 0 Å². The number of carboxylic acids is 1. The van der Waals surface area contributed by atoms with Gasteiger partial charge in [-0.3, -0.25) is 9.59 Å². The van der Waals surface area contributed by atoms with Gasteiger partial charge in [0.1, 0.15) is 6.54 Å². The number of hydrogen-bond donors (Lipinski definition) is 3. The van der Waals surface area contributed by atoms with Gasteiger partial charge in [0, 0.05) is 20.1 Å². The number of hydrogen-bond acceptors (Lipinski definition) is 3. The van der Waals surface area contributed by atoms with E-state index in [4.69, 9.17) is 5.11 Å². The molecule has 0 aromatic rings. The maximum atomic E-state index is 11.4. The Morgan fingerprint density at radius 1 is 1.22 bits per heavy atom. The van der Waals surface area contributed by atoms with Crippen molar-refractivity contribution < 1.29 is 19.5 Å². The van der Waals surface area contributed by atoms with Gasteiger partial charge in [-0.1, -0.05) is 13.8 Å². The molecule has 0 radical (unpaired) electrons. The van der Waals surface area contributed by atoms with E-state index in [9.17, 15) is 14.4 Å². The third kappa shape index (κ3) is 8.37. The number of aliphatic carboxylic acids is 1. The maximum absolute atomic E-state index is 11.4. The van der Waals surface area contributed by atoms with E-state index in [0.29, 0.717) is 12.5 Å². The highest BCUT2D eigenvalue weighted by atomic mass is 16.4. The highest BCUT2D eigenvalue weighted by molar-refractivity contribution is 5.83. The molecule has 0 saturated heterocycles. The van der Waals surface area contributed by atoms with Crippen molar-refractivity contribution in [3.63, 3.8) is 0 Å². The number of rotatable bonds is 7. The number of carbonyl (C=O) groups excluding carboxylic acids is 2. The van der Waals surface area contributed by atoms with Crippen molar-refractivity contribution >= 4 is 17.9 Å². The summed E-state index contributed by atoms with van der Waals surface area (Å²) in [6.45, 7) is 4.51. The van der Waals surface area contributed by atoms with Crippen molar-refractivity contribution in [2.75, 3.05) is 26.7 Å². The first-order valence-corrected chi connectivity index (χ1v) is 5.80. The summed E-state index contributed by atoms with van der Waals surface area (Å²) < 4.78 is 0. The van der Waals surface area contributed by atoms with E-state index in [2.05, 4.69) is 10.6 Å². The summed E-state index contributed by atoms with van der Waals surface area (Å²) in [7, 11) is 1.48. The quantitative estimate of drug-likeness (QED) is 0.593. The van der Waals surface area contributed by atoms with E-state index < -0.39 is 12.0 Å². The van der Waals surface area contributed by atoms with E-state index in [1.165, 1.54) is 11.9 Å². The molecule has 0 aromatic heterocycles. The molecule has 0 rings (SSSR count). The van der Waals surface area contributed by atoms with Crippen molar-refractivity contribution in [2.24, 2.45) is 5.92 Å². The fourth-order valence-electron chi connectivity index (χ4n) is 1.07. The zero-order valence-corrected chi connectivity index (χ0v) is 11.0. The lowest BCUT2D eigenvalue weighted by molar-refractivity contribution is -0.136. The van der Waals surface area contributed by atoms with E-state index >= 15 is 0 Å². The molecule has 0 aliphatic heterocycles. The molecule has 0 aliphatic carbocycles. The Morgan fingerprint density at radius 3 is 2.33 bits per heavy atom.